The number of amides is 1. The van der Waals surface area contributed by atoms with Crippen molar-refractivity contribution < 1.29 is 4.79 Å². The minimum absolute atomic E-state index is 0.0657. The van der Waals surface area contributed by atoms with Crippen molar-refractivity contribution in [3.8, 4) is 0 Å². The highest BCUT2D eigenvalue weighted by molar-refractivity contribution is 14.1. The fraction of sp³-hybridized carbons (Fsp3) is 0.0833. The number of carbonyl (C=O) groups excluding carboxylic acids is 1. The lowest BCUT2D eigenvalue weighted by molar-refractivity contribution is 0.0951. The van der Waals surface area contributed by atoms with Gasteiger partial charge in [-0.25, -0.2) is 0 Å². The maximum absolute atomic E-state index is 11.8. The summed E-state index contributed by atoms with van der Waals surface area (Å²) in [6.45, 7) is 0.449. The van der Waals surface area contributed by atoms with Crippen LogP contribution in [0.2, 0.25) is 5.02 Å². The Kier molecular flexibility index (Phi) is 4.42. The first-order chi connectivity index (χ1) is 8.16. The second-order valence-corrected chi connectivity index (χ2v) is 6.63. The van der Waals surface area contributed by atoms with Crippen molar-refractivity contribution in [2.45, 2.75) is 6.54 Å². The van der Waals surface area contributed by atoms with Crippen molar-refractivity contribution in [1.82, 2.24) is 5.32 Å². The van der Waals surface area contributed by atoms with Crippen LogP contribution in [0.1, 0.15) is 15.9 Å². The van der Waals surface area contributed by atoms with Gasteiger partial charge in [-0.1, -0.05) is 29.8 Å². The molecule has 1 heterocycles. The number of rotatable bonds is 3. The summed E-state index contributed by atoms with van der Waals surface area (Å²) in [5.74, 6) is -0.0657. The van der Waals surface area contributed by atoms with Gasteiger partial charge in [-0.3, -0.25) is 4.79 Å². The minimum Gasteiger partial charge on any atom is -0.348 e. The van der Waals surface area contributed by atoms with E-state index in [1.54, 1.807) is 11.3 Å². The maximum Gasteiger partial charge on any atom is 0.252 e. The van der Waals surface area contributed by atoms with Gasteiger partial charge in [0.1, 0.15) is 0 Å². The number of carbonyl (C=O) groups is 1. The molecule has 2 nitrogen and oxygen atoms in total. The average molecular weight is 378 g/mol. The standard InChI is InChI=1S/C12H9ClINOS/c13-10-4-2-1-3-8(10)6-15-12(16)9-5-11(14)17-7-9/h1-5,7H,6H2,(H,15,16). The molecule has 1 N–H and O–H groups in total. The molecule has 0 aliphatic carbocycles. The van der Waals surface area contributed by atoms with E-state index in [2.05, 4.69) is 27.9 Å². The molecule has 2 aromatic rings. The summed E-state index contributed by atoms with van der Waals surface area (Å²) in [6, 6.07) is 9.36. The number of benzene rings is 1. The molecule has 0 atom stereocenters. The van der Waals surface area contributed by atoms with E-state index < -0.39 is 0 Å². The molecule has 0 spiro atoms. The topological polar surface area (TPSA) is 29.1 Å². The Morgan fingerprint density at radius 1 is 1.41 bits per heavy atom. The van der Waals surface area contributed by atoms with E-state index in [0.717, 1.165) is 8.45 Å². The summed E-state index contributed by atoms with van der Waals surface area (Å²) >= 11 is 9.76. The van der Waals surface area contributed by atoms with Crippen LogP contribution in [0.5, 0.6) is 0 Å². The van der Waals surface area contributed by atoms with E-state index >= 15 is 0 Å². The van der Waals surface area contributed by atoms with Crippen LogP contribution in [-0.4, -0.2) is 5.91 Å². The van der Waals surface area contributed by atoms with Crippen molar-refractivity contribution in [2.75, 3.05) is 0 Å². The Morgan fingerprint density at radius 3 is 2.82 bits per heavy atom. The van der Waals surface area contributed by atoms with Gasteiger partial charge in [-0.15, -0.1) is 11.3 Å². The molecule has 0 aliphatic heterocycles. The van der Waals surface area contributed by atoms with Gasteiger partial charge in [0.2, 0.25) is 0 Å². The van der Waals surface area contributed by atoms with Gasteiger partial charge in [0.15, 0.2) is 0 Å². The van der Waals surface area contributed by atoms with Crippen molar-refractivity contribution in [1.29, 1.82) is 0 Å². The molecule has 5 heteroatoms. The third kappa shape index (κ3) is 3.43. The number of hydrogen-bond acceptors (Lipinski definition) is 2. The Balaban J connectivity index is 1.99. The smallest absolute Gasteiger partial charge is 0.252 e. The second kappa shape index (κ2) is 5.84. The molecule has 2 rings (SSSR count). The lowest BCUT2D eigenvalue weighted by Gasteiger charge is -2.05. The van der Waals surface area contributed by atoms with Gasteiger partial charge in [-0.2, -0.15) is 0 Å². The normalized spacial score (nSPS) is 10.2. The predicted molar refractivity (Wildman–Crippen MR) is 79.7 cm³/mol. The lowest BCUT2D eigenvalue weighted by Crippen LogP contribution is -2.22. The highest BCUT2D eigenvalue weighted by Crippen LogP contribution is 2.17. The number of halogens is 2. The molecular formula is C12H9ClINOS. The van der Waals surface area contributed by atoms with Gasteiger partial charge < -0.3 is 5.32 Å². The van der Waals surface area contributed by atoms with E-state index in [4.69, 9.17) is 11.6 Å². The largest absolute Gasteiger partial charge is 0.348 e. The van der Waals surface area contributed by atoms with Crippen LogP contribution in [0.4, 0.5) is 0 Å². The van der Waals surface area contributed by atoms with Crippen molar-refractivity contribution in [3.63, 3.8) is 0 Å². The monoisotopic (exact) mass is 377 g/mol. The average Bonchev–Trinajstić information content (AvgIpc) is 2.74. The molecule has 0 bridgehead atoms. The molecular weight excluding hydrogens is 369 g/mol. The molecule has 1 amide bonds. The SMILES string of the molecule is O=C(NCc1ccccc1Cl)c1csc(I)c1. The summed E-state index contributed by atoms with van der Waals surface area (Å²) in [4.78, 5) is 11.8. The van der Waals surface area contributed by atoms with Crippen LogP contribution in [0.3, 0.4) is 0 Å². The minimum atomic E-state index is -0.0657. The lowest BCUT2D eigenvalue weighted by atomic mass is 10.2. The summed E-state index contributed by atoms with van der Waals surface area (Å²) < 4.78 is 1.10. The van der Waals surface area contributed by atoms with E-state index in [9.17, 15) is 4.79 Å². The van der Waals surface area contributed by atoms with Gasteiger partial charge in [-0.05, 0) is 40.3 Å². The van der Waals surface area contributed by atoms with Crippen LogP contribution in [-0.2, 0) is 6.54 Å². The van der Waals surface area contributed by atoms with E-state index in [1.807, 2.05) is 35.7 Å². The summed E-state index contributed by atoms with van der Waals surface area (Å²) in [7, 11) is 0. The summed E-state index contributed by atoms with van der Waals surface area (Å²) in [5, 5.41) is 5.37. The number of nitrogens with one attached hydrogen (secondary N) is 1. The third-order valence-electron chi connectivity index (χ3n) is 2.23. The summed E-state index contributed by atoms with van der Waals surface area (Å²) in [5.41, 5.74) is 1.62. The highest BCUT2D eigenvalue weighted by Gasteiger charge is 2.08. The quantitative estimate of drug-likeness (QED) is 0.807. The van der Waals surface area contributed by atoms with Crippen LogP contribution in [0.25, 0.3) is 0 Å². The second-order valence-electron chi connectivity index (χ2n) is 3.41. The summed E-state index contributed by atoms with van der Waals surface area (Å²) in [6.07, 6.45) is 0. The molecule has 0 radical (unpaired) electrons. The van der Waals surface area contributed by atoms with Crippen LogP contribution in [0.15, 0.2) is 35.7 Å². The zero-order valence-electron chi connectivity index (χ0n) is 8.74. The molecule has 0 unspecified atom stereocenters. The predicted octanol–water partition coefficient (Wildman–Crippen LogP) is 3.94. The molecule has 0 saturated heterocycles. The Hall–Kier alpha value is -0.590. The highest BCUT2D eigenvalue weighted by atomic mass is 127. The zero-order chi connectivity index (χ0) is 12.3. The van der Waals surface area contributed by atoms with Crippen molar-refractivity contribution in [3.05, 3.63) is 54.7 Å². The molecule has 17 heavy (non-hydrogen) atoms. The molecule has 1 aromatic carbocycles. The third-order valence-corrected chi connectivity index (χ3v) is 4.38. The van der Waals surface area contributed by atoms with Crippen molar-refractivity contribution >= 4 is 51.4 Å². The van der Waals surface area contributed by atoms with Crippen LogP contribution < -0.4 is 5.32 Å². The van der Waals surface area contributed by atoms with Crippen LogP contribution in [0, 0.1) is 2.88 Å². The van der Waals surface area contributed by atoms with E-state index in [-0.39, 0.29) is 5.91 Å². The first kappa shape index (κ1) is 12.9. The van der Waals surface area contributed by atoms with Crippen molar-refractivity contribution in [2.24, 2.45) is 0 Å². The fourth-order valence-electron chi connectivity index (χ4n) is 1.35. The molecule has 1 aromatic heterocycles. The first-order valence-corrected chi connectivity index (χ1v) is 7.26. The zero-order valence-corrected chi connectivity index (χ0v) is 12.5. The van der Waals surface area contributed by atoms with E-state index in [1.165, 1.54) is 0 Å². The molecule has 88 valence electrons. The van der Waals surface area contributed by atoms with E-state index in [0.29, 0.717) is 17.1 Å². The first-order valence-electron chi connectivity index (χ1n) is 4.92. The van der Waals surface area contributed by atoms with Gasteiger partial charge in [0.25, 0.3) is 5.91 Å². The Morgan fingerprint density at radius 2 is 2.18 bits per heavy atom. The van der Waals surface area contributed by atoms with Crippen LogP contribution >= 0.6 is 45.5 Å². The van der Waals surface area contributed by atoms with Gasteiger partial charge >= 0.3 is 0 Å². The number of hydrogen-bond donors (Lipinski definition) is 1. The van der Waals surface area contributed by atoms with Gasteiger partial charge in [0, 0.05) is 16.9 Å². The molecule has 0 aliphatic rings. The van der Waals surface area contributed by atoms with Gasteiger partial charge in [0.05, 0.1) is 8.45 Å². The molecule has 0 fully saturated rings. The Labute approximate surface area is 122 Å². The fourth-order valence-corrected chi connectivity index (χ4v) is 2.88. The maximum atomic E-state index is 11.8. The Bertz CT molecular complexity index is 541. The molecule has 0 saturated carbocycles. The number of thiophene rings is 1.